The monoisotopic (exact) mass is 629 g/mol. The van der Waals surface area contributed by atoms with Gasteiger partial charge in [0, 0.05) is 63.0 Å². The van der Waals surface area contributed by atoms with Gasteiger partial charge in [-0.2, -0.15) is 8.78 Å². The molecule has 0 aliphatic carbocycles. The number of nitrogens with one attached hydrogen (secondary N) is 1. The highest BCUT2D eigenvalue weighted by atomic mass is 19.3. The van der Waals surface area contributed by atoms with E-state index in [2.05, 4.69) is 5.32 Å². The van der Waals surface area contributed by atoms with E-state index < -0.39 is 30.2 Å². The first-order valence-corrected chi connectivity index (χ1v) is 13.1. The fourth-order valence-corrected chi connectivity index (χ4v) is 4.20. The highest BCUT2D eigenvalue weighted by Gasteiger charge is 2.42. The number of aromatic nitrogens is 1. The fraction of sp³-hybridized carbons (Fsp3) is 0.367. The highest BCUT2D eigenvalue weighted by molar-refractivity contribution is 5.97. The molecule has 1 aromatic heterocycles. The van der Waals surface area contributed by atoms with Gasteiger partial charge in [-0.3, -0.25) is 14.4 Å². The van der Waals surface area contributed by atoms with E-state index in [1.165, 1.54) is 35.8 Å². The number of carbonyl (C=O) groups excluding carboxylic acids is 2. The Bertz CT molecular complexity index is 1340. The van der Waals surface area contributed by atoms with Crippen molar-refractivity contribution in [2.24, 2.45) is 0 Å². The van der Waals surface area contributed by atoms with Crippen LogP contribution in [0.1, 0.15) is 30.4 Å². The van der Waals surface area contributed by atoms with Crippen LogP contribution in [0.4, 0.5) is 27.6 Å². The lowest BCUT2D eigenvalue weighted by Gasteiger charge is -2.25. The van der Waals surface area contributed by atoms with Gasteiger partial charge in [0.25, 0.3) is 5.56 Å². The van der Waals surface area contributed by atoms with Crippen LogP contribution in [0.5, 0.6) is 5.75 Å². The van der Waals surface area contributed by atoms with Crippen molar-refractivity contribution in [3.05, 3.63) is 93.7 Å². The number of aryl methyl sites for hydroxylation is 1. The molecular weight excluding hydrogens is 593 g/mol. The Morgan fingerprint density at radius 2 is 1.61 bits per heavy atom. The van der Waals surface area contributed by atoms with E-state index in [4.69, 9.17) is 19.4 Å². The lowest BCUT2D eigenvalue weighted by atomic mass is 9.91. The molecule has 2 amide bonds. The van der Waals surface area contributed by atoms with Gasteiger partial charge in [0.2, 0.25) is 12.3 Å². The van der Waals surface area contributed by atoms with Crippen LogP contribution in [0.2, 0.25) is 0 Å². The van der Waals surface area contributed by atoms with Gasteiger partial charge in [0.15, 0.2) is 0 Å². The molecule has 0 spiro atoms. The van der Waals surface area contributed by atoms with E-state index in [1.807, 2.05) is 6.92 Å². The molecule has 0 bridgehead atoms. The van der Waals surface area contributed by atoms with Crippen LogP contribution in [0, 0.1) is 24.4 Å². The van der Waals surface area contributed by atoms with Gasteiger partial charge in [-0.25, -0.2) is 13.2 Å². The third-order valence-electron chi connectivity index (χ3n) is 6.24. The standard InChI is InChI=1S/C20H22F2N2O4.C7H7F.C2H5NO.CH2F2O/c1-12-14(19-15(21)9-13(28-3)10-16(19)22)11-18(25)24(12)17-5-4-6-23(20(17)26)7-8-27-2;1-6-2-4-7(8)5-3-6;1-3-2-4;2-1(3)4/h4-6,9-10,12,14H,7-8,11H2,1-3H3;2-5H,1H3;2H,1H3,(H,3,4);1,4H. The van der Waals surface area contributed by atoms with Gasteiger partial charge >= 0.3 is 6.61 Å². The molecule has 0 saturated carbocycles. The zero-order valence-corrected chi connectivity index (χ0v) is 24.9. The molecule has 2 heterocycles. The second-order valence-corrected chi connectivity index (χ2v) is 9.18. The smallest absolute Gasteiger partial charge is 0.342 e. The summed E-state index contributed by atoms with van der Waals surface area (Å²) in [6.07, 6.45) is 2.14. The van der Waals surface area contributed by atoms with E-state index in [9.17, 15) is 31.5 Å². The molecule has 1 fully saturated rings. The molecule has 3 aromatic rings. The van der Waals surface area contributed by atoms with Gasteiger partial charge in [0.1, 0.15) is 28.9 Å². The molecule has 2 aromatic carbocycles. The van der Waals surface area contributed by atoms with Crippen LogP contribution in [0.25, 0.3) is 0 Å². The number of methoxy groups -OCH3 is 2. The molecule has 0 radical (unpaired) electrons. The van der Waals surface area contributed by atoms with Gasteiger partial charge in [-0.1, -0.05) is 17.7 Å². The number of carbonyl (C=O) groups is 2. The number of hydrogen-bond donors (Lipinski definition) is 2. The number of nitrogens with zero attached hydrogens (tertiary/aromatic N) is 2. The lowest BCUT2D eigenvalue weighted by molar-refractivity contribution is -0.117. The van der Waals surface area contributed by atoms with Crippen LogP contribution in [-0.2, 0) is 20.9 Å². The van der Waals surface area contributed by atoms with Crippen LogP contribution in [0.3, 0.4) is 0 Å². The molecule has 242 valence electrons. The number of ether oxygens (including phenoxy) is 2. The second kappa shape index (κ2) is 19.1. The quantitative estimate of drug-likeness (QED) is 0.297. The third kappa shape index (κ3) is 11.4. The van der Waals surface area contributed by atoms with Crippen LogP contribution >= 0.6 is 0 Å². The van der Waals surface area contributed by atoms with Crippen molar-refractivity contribution >= 4 is 18.0 Å². The number of aliphatic hydroxyl groups is 1. The summed E-state index contributed by atoms with van der Waals surface area (Å²) in [6.45, 7) is 1.13. The Balaban J connectivity index is 0.000000494. The predicted molar refractivity (Wildman–Crippen MR) is 154 cm³/mol. The number of alkyl halides is 2. The van der Waals surface area contributed by atoms with Crippen LogP contribution in [-0.4, -0.2) is 62.5 Å². The molecule has 1 saturated heterocycles. The first-order chi connectivity index (χ1) is 20.8. The highest BCUT2D eigenvalue weighted by Crippen LogP contribution is 2.39. The van der Waals surface area contributed by atoms with Gasteiger partial charge in [-0.15, -0.1) is 0 Å². The minimum absolute atomic E-state index is 0.0664. The third-order valence-corrected chi connectivity index (χ3v) is 6.24. The maximum Gasteiger partial charge on any atom is 0.342 e. The number of halogens is 5. The minimum atomic E-state index is -3.17. The molecule has 1 aliphatic heterocycles. The Morgan fingerprint density at radius 1 is 1.07 bits per heavy atom. The lowest BCUT2D eigenvalue weighted by Crippen LogP contribution is -2.38. The SMILES string of the molecule is CNC=O.COCCn1cccc(N2C(=O)CC(c3c(F)cc(OC)cc3F)C2C)c1=O.Cc1ccc(F)cc1.OC(F)F. The molecule has 2 atom stereocenters. The molecule has 2 unspecified atom stereocenters. The molecule has 14 heteroatoms. The van der Waals surface area contributed by atoms with Crippen molar-refractivity contribution in [2.75, 3.05) is 32.8 Å². The van der Waals surface area contributed by atoms with Crippen LogP contribution < -0.4 is 20.5 Å². The van der Waals surface area contributed by atoms with E-state index in [0.29, 0.717) is 19.6 Å². The molecule has 1 aliphatic rings. The topological polar surface area (TPSA) is 110 Å². The normalized spacial score (nSPS) is 15.3. The van der Waals surface area contributed by atoms with Crippen molar-refractivity contribution in [3.63, 3.8) is 0 Å². The molecule has 2 N–H and O–H groups in total. The van der Waals surface area contributed by atoms with Crippen molar-refractivity contribution in [2.45, 2.75) is 45.4 Å². The number of pyridine rings is 1. The summed E-state index contributed by atoms with van der Waals surface area (Å²) >= 11 is 0. The second-order valence-electron chi connectivity index (χ2n) is 9.18. The summed E-state index contributed by atoms with van der Waals surface area (Å²) in [7, 11) is 4.41. The summed E-state index contributed by atoms with van der Waals surface area (Å²) in [5.41, 5.74) is 0.759. The predicted octanol–water partition coefficient (Wildman–Crippen LogP) is 4.39. The molecule has 44 heavy (non-hydrogen) atoms. The average Bonchev–Trinajstić information content (AvgIpc) is 3.26. The number of hydrogen-bond acceptors (Lipinski definition) is 6. The summed E-state index contributed by atoms with van der Waals surface area (Å²) in [5, 5.41) is 8.97. The molecule has 4 rings (SSSR count). The Hall–Kier alpha value is -4.30. The van der Waals surface area contributed by atoms with Gasteiger partial charge < -0.3 is 29.4 Å². The van der Waals surface area contributed by atoms with E-state index in [0.717, 1.165) is 17.7 Å². The Morgan fingerprint density at radius 3 is 2.07 bits per heavy atom. The van der Waals surface area contributed by atoms with Crippen molar-refractivity contribution in [3.8, 4) is 5.75 Å². The van der Waals surface area contributed by atoms with Crippen molar-refractivity contribution in [1.82, 2.24) is 9.88 Å². The summed E-state index contributed by atoms with van der Waals surface area (Å²) < 4.78 is 72.3. The number of benzene rings is 2. The molecular formula is C30H36F5N3O6. The Labute approximate surface area is 251 Å². The number of rotatable bonds is 7. The van der Waals surface area contributed by atoms with E-state index >= 15 is 0 Å². The average molecular weight is 630 g/mol. The van der Waals surface area contributed by atoms with Gasteiger partial charge in [0.05, 0.1) is 13.7 Å². The maximum absolute atomic E-state index is 14.5. The zero-order chi connectivity index (χ0) is 33.4. The van der Waals surface area contributed by atoms with Crippen molar-refractivity contribution in [1.29, 1.82) is 0 Å². The largest absolute Gasteiger partial charge is 0.497 e. The summed E-state index contributed by atoms with van der Waals surface area (Å²) in [6, 6.07) is 11.2. The Kier molecular flexibility index (Phi) is 16.4. The molecule has 9 nitrogen and oxygen atoms in total. The first kappa shape index (κ1) is 37.7. The summed E-state index contributed by atoms with van der Waals surface area (Å²) in [4.78, 5) is 35.8. The fourth-order valence-electron chi connectivity index (χ4n) is 4.20. The van der Waals surface area contributed by atoms with Gasteiger partial charge in [-0.05, 0) is 38.1 Å². The van der Waals surface area contributed by atoms with E-state index in [-0.39, 0.29) is 40.7 Å². The number of amides is 2. The minimum Gasteiger partial charge on any atom is -0.497 e. The van der Waals surface area contributed by atoms with Crippen molar-refractivity contribution < 1.29 is 46.1 Å². The maximum atomic E-state index is 14.5. The first-order valence-electron chi connectivity index (χ1n) is 13.1. The summed E-state index contributed by atoms with van der Waals surface area (Å²) in [5.74, 6) is -2.71. The van der Waals surface area contributed by atoms with Crippen LogP contribution in [0.15, 0.2) is 59.5 Å². The number of anilines is 1. The van der Waals surface area contributed by atoms with E-state index in [1.54, 1.807) is 44.4 Å². The number of aliphatic hydroxyl groups excluding tert-OH is 1. The zero-order valence-electron chi connectivity index (χ0n) is 24.9.